The molecular formula is C13H14F2N4. The van der Waals surface area contributed by atoms with Crippen molar-refractivity contribution in [1.29, 1.82) is 0 Å². The molecule has 0 spiro atoms. The molecule has 6 heteroatoms. The fourth-order valence-electron chi connectivity index (χ4n) is 1.98. The van der Waals surface area contributed by atoms with Gasteiger partial charge in [-0.15, -0.1) is 10.2 Å². The van der Waals surface area contributed by atoms with E-state index in [-0.39, 0.29) is 13.0 Å². The average molecular weight is 264 g/mol. The van der Waals surface area contributed by atoms with Crippen molar-refractivity contribution in [1.82, 2.24) is 20.2 Å². The highest BCUT2D eigenvalue weighted by Gasteiger charge is 2.57. The number of aryl methyl sites for hydroxylation is 2. The lowest BCUT2D eigenvalue weighted by molar-refractivity contribution is 0.0930. The predicted octanol–water partition coefficient (Wildman–Crippen LogP) is 2.61. The van der Waals surface area contributed by atoms with Gasteiger partial charge in [0.05, 0.1) is 6.54 Å². The molecular weight excluding hydrogens is 250 g/mol. The van der Waals surface area contributed by atoms with Crippen molar-refractivity contribution in [3.63, 3.8) is 0 Å². The summed E-state index contributed by atoms with van der Waals surface area (Å²) in [6.45, 7) is 4.16. The Morgan fingerprint density at radius 2 is 2.05 bits per heavy atom. The van der Waals surface area contributed by atoms with E-state index in [1.165, 1.54) is 10.4 Å². The zero-order valence-electron chi connectivity index (χ0n) is 10.8. The van der Waals surface area contributed by atoms with Crippen LogP contribution in [-0.4, -0.2) is 26.1 Å². The molecule has 0 N–H and O–H groups in total. The third kappa shape index (κ3) is 2.34. The summed E-state index contributed by atoms with van der Waals surface area (Å²) in [6, 6.07) is 5.87. The highest BCUT2D eigenvalue weighted by Crippen LogP contribution is 2.49. The highest BCUT2D eigenvalue weighted by molar-refractivity contribution is 5.56. The van der Waals surface area contributed by atoms with Crippen molar-refractivity contribution >= 4 is 0 Å². The zero-order chi connectivity index (χ0) is 13.6. The minimum Gasteiger partial charge on any atom is -0.206 e. The molecule has 1 aromatic heterocycles. The fourth-order valence-corrected chi connectivity index (χ4v) is 1.98. The van der Waals surface area contributed by atoms with E-state index in [1.54, 1.807) is 0 Å². The number of tetrazole rings is 1. The maximum atomic E-state index is 12.8. The van der Waals surface area contributed by atoms with E-state index in [9.17, 15) is 8.78 Å². The van der Waals surface area contributed by atoms with Gasteiger partial charge in [-0.2, -0.15) is 4.80 Å². The number of aromatic nitrogens is 4. The second kappa shape index (κ2) is 4.08. The maximum Gasteiger partial charge on any atom is 0.253 e. The maximum absolute atomic E-state index is 12.8. The van der Waals surface area contributed by atoms with Crippen LogP contribution in [0.2, 0.25) is 0 Å². The summed E-state index contributed by atoms with van der Waals surface area (Å²) < 4.78 is 25.6. The molecule has 0 radical (unpaired) electrons. The Morgan fingerprint density at radius 3 is 2.68 bits per heavy atom. The van der Waals surface area contributed by atoms with Gasteiger partial charge in [-0.3, -0.25) is 0 Å². The first kappa shape index (κ1) is 12.2. The van der Waals surface area contributed by atoms with Crippen LogP contribution in [0.1, 0.15) is 17.5 Å². The number of halogens is 2. The van der Waals surface area contributed by atoms with Gasteiger partial charge in [0, 0.05) is 17.9 Å². The van der Waals surface area contributed by atoms with Gasteiger partial charge in [-0.1, -0.05) is 12.1 Å². The molecule has 1 heterocycles. The van der Waals surface area contributed by atoms with Gasteiger partial charge in [0.15, 0.2) is 0 Å². The van der Waals surface area contributed by atoms with Crippen molar-refractivity contribution in [2.75, 3.05) is 0 Å². The number of nitrogens with zero attached hydrogens (tertiary/aromatic N) is 4. The van der Waals surface area contributed by atoms with Gasteiger partial charge in [0.25, 0.3) is 5.92 Å². The van der Waals surface area contributed by atoms with Crippen LogP contribution in [0, 0.1) is 19.8 Å². The van der Waals surface area contributed by atoms with Crippen LogP contribution in [0.4, 0.5) is 8.78 Å². The zero-order valence-corrected chi connectivity index (χ0v) is 10.8. The summed E-state index contributed by atoms with van der Waals surface area (Å²) in [4.78, 5) is 1.26. The molecule has 19 heavy (non-hydrogen) atoms. The molecule has 4 nitrogen and oxygen atoms in total. The van der Waals surface area contributed by atoms with Crippen LogP contribution >= 0.6 is 0 Å². The van der Waals surface area contributed by atoms with Crippen LogP contribution < -0.4 is 0 Å². The summed E-state index contributed by atoms with van der Waals surface area (Å²) in [5.41, 5.74) is 3.19. The molecule has 3 rings (SSSR count). The Bertz CT molecular complexity index is 621. The Hall–Kier alpha value is -1.85. The van der Waals surface area contributed by atoms with E-state index < -0.39 is 11.8 Å². The normalized spacial score (nSPS) is 20.5. The SMILES string of the molecule is Cc1ccc(-c2nnn(CC3CC3(F)F)n2)cc1C. The summed E-state index contributed by atoms with van der Waals surface area (Å²) in [5, 5.41) is 11.9. The summed E-state index contributed by atoms with van der Waals surface area (Å²) in [7, 11) is 0. The molecule has 0 amide bonds. The molecule has 100 valence electrons. The molecule has 1 aliphatic carbocycles. The third-order valence-electron chi connectivity index (χ3n) is 3.56. The molecule has 0 saturated heterocycles. The monoisotopic (exact) mass is 264 g/mol. The summed E-state index contributed by atoms with van der Waals surface area (Å²) in [6.07, 6.45) is -0.0759. The lowest BCUT2D eigenvalue weighted by Crippen LogP contribution is -2.08. The van der Waals surface area contributed by atoms with E-state index in [1.807, 2.05) is 32.0 Å². The van der Waals surface area contributed by atoms with Crippen molar-refractivity contribution in [3.8, 4) is 11.4 Å². The minimum absolute atomic E-state index is 0.0759. The predicted molar refractivity (Wildman–Crippen MR) is 65.8 cm³/mol. The van der Waals surface area contributed by atoms with E-state index >= 15 is 0 Å². The molecule has 1 unspecified atom stereocenters. The number of benzene rings is 1. The average Bonchev–Trinajstić information content (AvgIpc) is 2.76. The smallest absolute Gasteiger partial charge is 0.206 e. The van der Waals surface area contributed by atoms with Crippen LogP contribution in [0.15, 0.2) is 18.2 Å². The van der Waals surface area contributed by atoms with Crippen LogP contribution in [-0.2, 0) is 6.54 Å². The van der Waals surface area contributed by atoms with Crippen molar-refractivity contribution < 1.29 is 8.78 Å². The quantitative estimate of drug-likeness (QED) is 0.856. The van der Waals surface area contributed by atoms with E-state index in [4.69, 9.17) is 0 Å². The standard InChI is InChI=1S/C13H14F2N4/c1-8-3-4-10(5-9(8)2)12-16-18-19(17-12)7-11-6-13(11,14)15/h3-5,11H,6-7H2,1-2H3. The van der Waals surface area contributed by atoms with E-state index in [0.29, 0.717) is 5.82 Å². The van der Waals surface area contributed by atoms with Crippen LogP contribution in [0.3, 0.4) is 0 Å². The second-order valence-corrected chi connectivity index (χ2v) is 5.13. The van der Waals surface area contributed by atoms with E-state index in [0.717, 1.165) is 11.1 Å². The summed E-state index contributed by atoms with van der Waals surface area (Å²) in [5.74, 6) is -2.71. The molecule has 1 aliphatic rings. The lowest BCUT2D eigenvalue weighted by Gasteiger charge is -2.01. The van der Waals surface area contributed by atoms with Gasteiger partial charge in [-0.05, 0) is 36.3 Å². The van der Waals surface area contributed by atoms with Gasteiger partial charge >= 0.3 is 0 Å². The second-order valence-electron chi connectivity index (χ2n) is 5.13. The Labute approximate surface area is 109 Å². The van der Waals surface area contributed by atoms with Gasteiger partial charge in [-0.25, -0.2) is 8.78 Å². The largest absolute Gasteiger partial charge is 0.253 e. The molecule has 1 aromatic carbocycles. The van der Waals surface area contributed by atoms with Gasteiger partial charge < -0.3 is 0 Å². The topological polar surface area (TPSA) is 43.6 Å². The molecule has 1 atom stereocenters. The minimum atomic E-state index is -2.55. The Kier molecular flexibility index (Phi) is 2.62. The van der Waals surface area contributed by atoms with Crippen molar-refractivity contribution in [2.45, 2.75) is 32.7 Å². The molecule has 2 aromatic rings. The molecule has 0 aliphatic heterocycles. The lowest BCUT2D eigenvalue weighted by atomic mass is 10.1. The molecule has 1 saturated carbocycles. The Balaban J connectivity index is 1.79. The first-order valence-corrected chi connectivity index (χ1v) is 6.19. The van der Waals surface area contributed by atoms with Crippen LogP contribution in [0.5, 0.6) is 0 Å². The first-order valence-electron chi connectivity index (χ1n) is 6.19. The first-order chi connectivity index (χ1) is 8.95. The van der Waals surface area contributed by atoms with Gasteiger partial charge in [0.1, 0.15) is 0 Å². The summed E-state index contributed by atoms with van der Waals surface area (Å²) >= 11 is 0. The molecule has 1 fully saturated rings. The number of hydrogen-bond donors (Lipinski definition) is 0. The van der Waals surface area contributed by atoms with Crippen molar-refractivity contribution in [2.24, 2.45) is 5.92 Å². The number of alkyl halides is 2. The fraction of sp³-hybridized carbons (Fsp3) is 0.462. The number of rotatable bonds is 3. The van der Waals surface area contributed by atoms with Crippen molar-refractivity contribution in [3.05, 3.63) is 29.3 Å². The number of hydrogen-bond acceptors (Lipinski definition) is 3. The van der Waals surface area contributed by atoms with Gasteiger partial charge in [0.2, 0.25) is 5.82 Å². The highest BCUT2D eigenvalue weighted by atomic mass is 19.3. The molecule has 0 bridgehead atoms. The van der Waals surface area contributed by atoms with E-state index in [2.05, 4.69) is 15.4 Å². The Morgan fingerprint density at radius 1 is 1.32 bits per heavy atom. The third-order valence-corrected chi connectivity index (χ3v) is 3.56. The van der Waals surface area contributed by atoms with Crippen LogP contribution in [0.25, 0.3) is 11.4 Å².